The molecular weight excluding hydrogens is 253 g/mol. The molecule has 0 aliphatic rings. The summed E-state index contributed by atoms with van der Waals surface area (Å²) >= 11 is 0. The largest absolute Gasteiger partial charge is 0.342 e. The van der Waals surface area contributed by atoms with Crippen LogP contribution >= 0.6 is 7.37 Å². The molecule has 18 heavy (non-hydrogen) atoms. The van der Waals surface area contributed by atoms with Crippen molar-refractivity contribution >= 4 is 24.5 Å². The van der Waals surface area contributed by atoms with Gasteiger partial charge in [-0.1, -0.05) is 12.1 Å². The van der Waals surface area contributed by atoms with Crippen molar-refractivity contribution in [1.82, 2.24) is 9.66 Å². The van der Waals surface area contributed by atoms with Crippen LogP contribution in [0.4, 0.5) is 0 Å². The molecule has 2 aromatic rings. The highest BCUT2D eigenvalue weighted by Gasteiger charge is 2.08. The first-order valence-electron chi connectivity index (χ1n) is 5.14. The summed E-state index contributed by atoms with van der Waals surface area (Å²) in [6, 6.07) is 6.90. The SMILES string of the molecule is CP(=O)(O)/C=C/c1nc2ccccc2n(N)c1=O. The molecule has 0 saturated heterocycles. The van der Waals surface area contributed by atoms with Crippen LogP contribution in [0.5, 0.6) is 0 Å². The molecule has 0 radical (unpaired) electrons. The van der Waals surface area contributed by atoms with E-state index >= 15 is 0 Å². The first-order chi connectivity index (χ1) is 8.38. The summed E-state index contributed by atoms with van der Waals surface area (Å²) in [6.45, 7) is 1.17. The lowest BCUT2D eigenvalue weighted by molar-refractivity contribution is 0.496. The Balaban J connectivity index is 2.67. The van der Waals surface area contributed by atoms with Gasteiger partial charge < -0.3 is 10.7 Å². The standard InChI is InChI=1S/C11H12N3O3P/c1-18(16,17)7-6-9-11(15)14(12)10-5-3-2-4-8(10)13-9/h2-7H,12H2,1H3,(H,16,17)/b7-6+. The highest BCUT2D eigenvalue weighted by atomic mass is 31.2. The van der Waals surface area contributed by atoms with E-state index in [1.54, 1.807) is 24.3 Å². The molecule has 1 aromatic heterocycles. The van der Waals surface area contributed by atoms with Gasteiger partial charge in [0.2, 0.25) is 7.37 Å². The maximum absolute atomic E-state index is 11.9. The van der Waals surface area contributed by atoms with E-state index in [4.69, 9.17) is 10.7 Å². The fourth-order valence-electron chi connectivity index (χ4n) is 1.49. The quantitative estimate of drug-likeness (QED) is 0.623. The van der Waals surface area contributed by atoms with Gasteiger partial charge in [0.25, 0.3) is 5.56 Å². The van der Waals surface area contributed by atoms with Crippen LogP contribution in [-0.2, 0) is 4.57 Å². The van der Waals surface area contributed by atoms with Crippen LogP contribution in [0.2, 0.25) is 0 Å². The van der Waals surface area contributed by atoms with Gasteiger partial charge in [0.05, 0.1) is 11.0 Å². The average Bonchev–Trinajstić information content (AvgIpc) is 2.31. The number of fused-ring (bicyclic) bond motifs is 1. The van der Waals surface area contributed by atoms with Crippen LogP contribution in [0.1, 0.15) is 5.69 Å². The number of para-hydroxylation sites is 2. The normalized spacial score (nSPS) is 15.0. The summed E-state index contributed by atoms with van der Waals surface area (Å²) in [6.07, 6.45) is 1.22. The second-order valence-electron chi connectivity index (χ2n) is 3.92. The summed E-state index contributed by atoms with van der Waals surface area (Å²) in [4.78, 5) is 25.1. The zero-order valence-electron chi connectivity index (χ0n) is 9.65. The minimum absolute atomic E-state index is 0.0346. The molecule has 0 amide bonds. The molecule has 0 bridgehead atoms. The minimum atomic E-state index is -3.34. The second kappa shape index (κ2) is 4.40. The summed E-state index contributed by atoms with van der Waals surface area (Å²) in [5.74, 6) is 6.72. The van der Waals surface area contributed by atoms with Crippen LogP contribution in [0, 0.1) is 0 Å². The van der Waals surface area contributed by atoms with Crippen LogP contribution in [0.15, 0.2) is 34.9 Å². The van der Waals surface area contributed by atoms with Crippen LogP contribution in [-0.4, -0.2) is 21.2 Å². The zero-order chi connectivity index (χ0) is 13.3. The summed E-state index contributed by atoms with van der Waals surface area (Å²) in [7, 11) is -3.34. The Labute approximate surface area is 103 Å². The van der Waals surface area contributed by atoms with Crippen LogP contribution in [0.25, 0.3) is 17.1 Å². The third-order valence-corrected chi connectivity index (χ3v) is 3.03. The van der Waals surface area contributed by atoms with E-state index in [1.807, 2.05) is 0 Å². The fourth-order valence-corrected chi connectivity index (χ4v) is 1.91. The molecule has 2 rings (SSSR count). The van der Waals surface area contributed by atoms with Crippen molar-refractivity contribution in [3.8, 4) is 0 Å². The lowest BCUT2D eigenvalue weighted by Gasteiger charge is -2.05. The van der Waals surface area contributed by atoms with E-state index in [9.17, 15) is 9.36 Å². The molecule has 3 N–H and O–H groups in total. The molecule has 1 heterocycles. The number of rotatable bonds is 2. The van der Waals surface area contributed by atoms with Gasteiger partial charge in [-0.15, -0.1) is 0 Å². The Bertz CT molecular complexity index is 730. The Morgan fingerprint density at radius 1 is 1.44 bits per heavy atom. The van der Waals surface area contributed by atoms with E-state index < -0.39 is 12.9 Å². The Morgan fingerprint density at radius 2 is 2.11 bits per heavy atom. The summed E-state index contributed by atoms with van der Waals surface area (Å²) in [5.41, 5.74) is 0.567. The van der Waals surface area contributed by atoms with Crippen molar-refractivity contribution in [2.45, 2.75) is 0 Å². The number of nitrogens with two attached hydrogens (primary N) is 1. The molecule has 6 nitrogen and oxygen atoms in total. The molecule has 1 unspecified atom stereocenters. The number of nitrogens with zero attached hydrogens (tertiary/aromatic N) is 2. The predicted octanol–water partition coefficient (Wildman–Crippen LogP) is 0.981. The van der Waals surface area contributed by atoms with Gasteiger partial charge in [-0.05, 0) is 18.2 Å². The van der Waals surface area contributed by atoms with E-state index in [0.717, 1.165) is 10.5 Å². The Kier molecular flexibility index (Phi) is 3.07. The highest BCUT2D eigenvalue weighted by Crippen LogP contribution is 2.37. The van der Waals surface area contributed by atoms with Crippen molar-refractivity contribution in [1.29, 1.82) is 0 Å². The van der Waals surface area contributed by atoms with E-state index in [2.05, 4.69) is 4.98 Å². The van der Waals surface area contributed by atoms with Crippen molar-refractivity contribution < 1.29 is 9.46 Å². The summed E-state index contributed by atoms with van der Waals surface area (Å²) < 4.78 is 12.1. The third-order valence-electron chi connectivity index (χ3n) is 2.33. The van der Waals surface area contributed by atoms with Crippen molar-refractivity contribution in [2.24, 2.45) is 0 Å². The van der Waals surface area contributed by atoms with Gasteiger partial charge in [0.15, 0.2) is 0 Å². The molecule has 1 aromatic carbocycles. The average molecular weight is 265 g/mol. The van der Waals surface area contributed by atoms with Gasteiger partial charge in [0.1, 0.15) is 5.69 Å². The Hall–Kier alpha value is -1.91. The first kappa shape index (κ1) is 12.5. The van der Waals surface area contributed by atoms with Crippen molar-refractivity contribution in [3.63, 3.8) is 0 Å². The van der Waals surface area contributed by atoms with E-state index in [0.29, 0.717) is 11.0 Å². The van der Waals surface area contributed by atoms with Crippen molar-refractivity contribution in [2.75, 3.05) is 12.5 Å². The van der Waals surface area contributed by atoms with Gasteiger partial charge in [0, 0.05) is 12.5 Å². The predicted molar refractivity (Wildman–Crippen MR) is 70.9 cm³/mol. The number of hydrogen-bond donors (Lipinski definition) is 2. The maximum atomic E-state index is 11.9. The molecular formula is C11H12N3O3P. The molecule has 7 heteroatoms. The molecule has 0 fully saturated rings. The monoisotopic (exact) mass is 265 g/mol. The van der Waals surface area contributed by atoms with Gasteiger partial charge in [-0.2, -0.15) is 0 Å². The lowest BCUT2D eigenvalue weighted by atomic mass is 10.3. The molecule has 1 atom stereocenters. The van der Waals surface area contributed by atoms with Crippen LogP contribution < -0.4 is 11.4 Å². The Morgan fingerprint density at radius 3 is 2.78 bits per heavy atom. The minimum Gasteiger partial charge on any atom is -0.342 e. The number of hydrogen-bond acceptors (Lipinski definition) is 4. The fraction of sp³-hybridized carbons (Fsp3) is 0.0909. The van der Waals surface area contributed by atoms with Gasteiger partial charge >= 0.3 is 0 Å². The summed E-state index contributed by atoms with van der Waals surface area (Å²) in [5, 5.41) is 0. The third kappa shape index (κ3) is 2.50. The van der Waals surface area contributed by atoms with E-state index in [-0.39, 0.29) is 5.69 Å². The second-order valence-corrected chi connectivity index (χ2v) is 6.10. The maximum Gasteiger partial charge on any atom is 0.295 e. The van der Waals surface area contributed by atoms with Crippen LogP contribution in [0.3, 0.4) is 0 Å². The van der Waals surface area contributed by atoms with E-state index in [1.165, 1.54) is 12.7 Å². The lowest BCUT2D eigenvalue weighted by Crippen LogP contribution is -2.30. The molecule has 0 aliphatic heterocycles. The number of benzene rings is 1. The number of nitrogen functional groups attached to an aromatic ring is 1. The molecule has 0 spiro atoms. The molecule has 0 saturated carbocycles. The first-order valence-corrected chi connectivity index (χ1v) is 7.32. The number of aromatic nitrogens is 2. The highest BCUT2D eigenvalue weighted by molar-refractivity contribution is 7.60. The van der Waals surface area contributed by atoms with Gasteiger partial charge in [-0.25, -0.2) is 9.66 Å². The van der Waals surface area contributed by atoms with Crippen molar-refractivity contribution in [3.05, 3.63) is 46.1 Å². The zero-order valence-corrected chi connectivity index (χ0v) is 10.5. The smallest absolute Gasteiger partial charge is 0.295 e. The molecule has 0 aliphatic carbocycles. The topological polar surface area (TPSA) is 98.2 Å². The molecule has 94 valence electrons. The van der Waals surface area contributed by atoms with Gasteiger partial charge in [-0.3, -0.25) is 9.36 Å².